The van der Waals surface area contributed by atoms with Crippen LogP contribution < -0.4 is 11.1 Å². The van der Waals surface area contributed by atoms with Crippen LogP contribution in [0.1, 0.15) is 41.7 Å². The first kappa shape index (κ1) is 34.9. The number of rotatable bonds is 11. The van der Waals surface area contributed by atoms with E-state index in [0.29, 0.717) is 26.7 Å². The lowest BCUT2D eigenvalue weighted by Crippen LogP contribution is -2.57. The van der Waals surface area contributed by atoms with Crippen LogP contribution in [0.5, 0.6) is 0 Å². The number of nitrogen functional groups attached to an aromatic ring is 1. The van der Waals surface area contributed by atoms with Crippen LogP contribution >= 0.6 is 0 Å². The third kappa shape index (κ3) is 7.37. The summed E-state index contributed by atoms with van der Waals surface area (Å²) in [6, 6.07) is 15.6. The lowest BCUT2D eigenvalue weighted by atomic mass is 9.89. The van der Waals surface area contributed by atoms with Crippen molar-refractivity contribution >= 4 is 35.7 Å². The second-order valence-corrected chi connectivity index (χ2v) is 10.9. The third-order valence-electron chi connectivity index (χ3n) is 7.70. The predicted octanol–water partition coefficient (Wildman–Crippen LogP) is 3.81. The normalized spacial score (nSPS) is 16.8. The van der Waals surface area contributed by atoms with Gasteiger partial charge in [-0.1, -0.05) is 66.7 Å². The van der Waals surface area contributed by atoms with Gasteiger partial charge >= 0.3 is 24.3 Å². The molecule has 1 heterocycles. The highest BCUT2D eigenvalue weighted by Crippen LogP contribution is 2.39. The van der Waals surface area contributed by atoms with E-state index in [1.54, 1.807) is 30.3 Å². The maximum Gasteiger partial charge on any atom is 0.416 e. The first-order valence-electron chi connectivity index (χ1n) is 14.3. The van der Waals surface area contributed by atoms with Crippen molar-refractivity contribution in [3.05, 3.63) is 107 Å². The highest BCUT2D eigenvalue weighted by atomic mass is 19.4. The van der Waals surface area contributed by atoms with Crippen molar-refractivity contribution in [2.45, 2.75) is 44.8 Å². The zero-order valence-electron chi connectivity index (χ0n) is 25.7. The van der Waals surface area contributed by atoms with Crippen molar-refractivity contribution in [1.82, 2.24) is 20.2 Å². The van der Waals surface area contributed by atoms with Gasteiger partial charge in [0.1, 0.15) is 24.0 Å². The number of ether oxygens (including phenoxy) is 1. The van der Waals surface area contributed by atoms with Gasteiger partial charge in [-0.15, -0.1) is 0 Å². The number of nitrogens with one attached hydrogen (secondary N) is 2. The van der Waals surface area contributed by atoms with E-state index in [0.717, 1.165) is 31.2 Å². The van der Waals surface area contributed by atoms with Crippen molar-refractivity contribution in [3.8, 4) is 0 Å². The minimum absolute atomic E-state index is 0.0878. The summed E-state index contributed by atoms with van der Waals surface area (Å²) in [5, 5.41) is 20.7. The summed E-state index contributed by atoms with van der Waals surface area (Å²) in [5.74, 6) is -3.67. The largest absolute Gasteiger partial charge is 0.480 e. The lowest BCUT2D eigenvalue weighted by Gasteiger charge is -2.32. The Kier molecular flexibility index (Phi) is 10.1. The zero-order chi connectivity index (χ0) is 35.4. The van der Waals surface area contributed by atoms with Crippen molar-refractivity contribution in [1.29, 1.82) is 5.41 Å². The van der Waals surface area contributed by atoms with E-state index in [4.69, 9.17) is 15.9 Å². The molecule has 3 aromatic carbocycles. The fourth-order valence-corrected chi connectivity index (χ4v) is 5.00. The Labute approximate surface area is 272 Å². The number of amidine groups is 1. The number of alkyl carbamates (subject to hydrolysis) is 1. The Morgan fingerprint density at radius 2 is 1.60 bits per heavy atom. The molecule has 3 aromatic rings. The van der Waals surface area contributed by atoms with Gasteiger partial charge in [-0.25, -0.2) is 19.4 Å². The molecular formula is C32H31F3N6O7. The number of carbonyl (C=O) groups excluding carboxylic acids is 4. The van der Waals surface area contributed by atoms with Gasteiger partial charge < -0.3 is 20.9 Å². The summed E-state index contributed by atoms with van der Waals surface area (Å²) >= 11 is 0. The van der Waals surface area contributed by atoms with Gasteiger partial charge in [-0.2, -0.15) is 18.2 Å². The molecule has 1 fully saturated rings. The monoisotopic (exact) mass is 668 g/mol. The molecule has 5 amide bonds. The van der Waals surface area contributed by atoms with Crippen LogP contribution in [0.2, 0.25) is 0 Å². The molecule has 13 nitrogen and oxygen atoms in total. The highest BCUT2D eigenvalue weighted by Gasteiger charge is 2.58. The van der Waals surface area contributed by atoms with Crippen molar-refractivity contribution in [2.24, 2.45) is 5.73 Å². The molecule has 0 aliphatic carbocycles. The average molecular weight is 669 g/mol. The van der Waals surface area contributed by atoms with Crippen LogP contribution in [0.25, 0.3) is 0 Å². The van der Waals surface area contributed by atoms with Crippen molar-refractivity contribution < 1.29 is 47.0 Å². The molecule has 0 spiro atoms. The molecule has 252 valence electrons. The number of halogens is 3. The number of nitrogens with zero attached hydrogens (tertiary/aromatic N) is 3. The lowest BCUT2D eigenvalue weighted by molar-refractivity contribution is -0.158. The van der Waals surface area contributed by atoms with E-state index in [1.165, 1.54) is 36.1 Å². The first-order valence-corrected chi connectivity index (χ1v) is 14.3. The SMILES string of the molecule is CC(=O)N(C[C@H](NC(=O)OCc1ccc(C(F)(F)F)cc1)C(=O)O)N1C(=O)N(Cc2ccccc2)[C@@](C)(c2ccc(C(=N)N)cc2)C1=O. The summed E-state index contributed by atoms with van der Waals surface area (Å²) < 4.78 is 43.4. The quantitative estimate of drug-likeness (QED) is 0.135. The van der Waals surface area contributed by atoms with E-state index in [9.17, 15) is 42.3 Å². The Morgan fingerprint density at radius 1 is 1.00 bits per heavy atom. The molecule has 48 heavy (non-hydrogen) atoms. The van der Waals surface area contributed by atoms with Crippen LogP contribution in [0.4, 0.5) is 22.8 Å². The fourth-order valence-electron chi connectivity index (χ4n) is 5.00. The summed E-state index contributed by atoms with van der Waals surface area (Å²) in [6.45, 7) is 0.987. The van der Waals surface area contributed by atoms with Crippen molar-refractivity contribution in [3.63, 3.8) is 0 Å². The van der Waals surface area contributed by atoms with E-state index in [1.807, 2.05) is 0 Å². The number of carboxylic acid groups (broad SMARTS) is 1. The molecule has 0 bridgehead atoms. The Morgan fingerprint density at radius 3 is 2.12 bits per heavy atom. The van der Waals surface area contributed by atoms with Crippen LogP contribution in [-0.4, -0.2) is 68.4 Å². The molecule has 5 N–H and O–H groups in total. The second-order valence-electron chi connectivity index (χ2n) is 10.9. The van der Waals surface area contributed by atoms with E-state index in [-0.39, 0.29) is 17.9 Å². The maximum absolute atomic E-state index is 14.2. The molecule has 1 aliphatic heterocycles. The molecule has 4 rings (SSSR count). The van der Waals surface area contributed by atoms with Gasteiger partial charge in [0.2, 0.25) is 5.91 Å². The Bertz CT molecular complexity index is 1720. The summed E-state index contributed by atoms with van der Waals surface area (Å²) in [7, 11) is 0. The number of benzene rings is 3. The van der Waals surface area contributed by atoms with Gasteiger partial charge in [-0.3, -0.25) is 19.9 Å². The van der Waals surface area contributed by atoms with E-state index in [2.05, 4.69) is 5.32 Å². The number of amides is 5. The molecule has 0 saturated carbocycles. The number of nitrogens with two attached hydrogens (primary N) is 1. The molecule has 0 aromatic heterocycles. The van der Waals surface area contributed by atoms with Gasteiger partial charge in [0.05, 0.1) is 12.1 Å². The average Bonchev–Trinajstić information content (AvgIpc) is 3.22. The van der Waals surface area contributed by atoms with Gasteiger partial charge in [0.25, 0.3) is 5.91 Å². The van der Waals surface area contributed by atoms with Gasteiger partial charge in [0.15, 0.2) is 0 Å². The van der Waals surface area contributed by atoms with E-state index >= 15 is 0 Å². The highest BCUT2D eigenvalue weighted by molar-refractivity contribution is 6.08. The van der Waals surface area contributed by atoms with Crippen LogP contribution in [0.3, 0.4) is 0 Å². The summed E-state index contributed by atoms with van der Waals surface area (Å²) in [4.78, 5) is 67.0. The third-order valence-corrected chi connectivity index (χ3v) is 7.70. The predicted molar refractivity (Wildman–Crippen MR) is 163 cm³/mol. The molecule has 0 radical (unpaired) electrons. The summed E-state index contributed by atoms with van der Waals surface area (Å²) in [6.07, 6.45) is -5.85. The number of urea groups is 1. The number of hydrogen-bond donors (Lipinski definition) is 4. The molecule has 1 aliphatic rings. The van der Waals surface area contributed by atoms with Crippen LogP contribution in [0.15, 0.2) is 78.9 Å². The zero-order valence-corrected chi connectivity index (χ0v) is 25.7. The Hall–Kier alpha value is -5.93. The number of aliphatic carboxylic acids is 1. The number of carboxylic acids is 1. The van der Waals surface area contributed by atoms with Gasteiger partial charge in [0, 0.05) is 19.0 Å². The minimum atomic E-state index is -4.57. The molecule has 16 heteroatoms. The summed E-state index contributed by atoms with van der Waals surface area (Å²) in [5.41, 5.74) is 4.43. The number of hydrogen-bond acceptors (Lipinski definition) is 7. The van der Waals surface area contributed by atoms with Crippen LogP contribution in [-0.2, 0) is 44.0 Å². The minimum Gasteiger partial charge on any atom is -0.480 e. The van der Waals surface area contributed by atoms with E-state index < -0.39 is 66.4 Å². The second kappa shape index (κ2) is 13.8. The molecule has 1 saturated heterocycles. The smallest absolute Gasteiger partial charge is 0.416 e. The molecule has 0 unspecified atom stereocenters. The standard InChI is InChI=1S/C32H31F3N6O7/c1-19(42)40(17-25(27(43)44)38-29(46)48-18-21-8-12-24(13-9-21)32(33,34)35)41-28(45)31(2,23-14-10-22(11-15-23)26(36)37)39(30(41)47)16-20-6-4-3-5-7-20/h3-15,25H,16-18H2,1-2H3,(H3,36,37)(H,38,46)(H,43,44)/t25-,31-/m0/s1. The number of imide groups is 1. The topological polar surface area (TPSA) is 186 Å². The van der Waals surface area contributed by atoms with Gasteiger partial charge in [-0.05, 0) is 35.7 Å². The maximum atomic E-state index is 14.2. The number of carbonyl (C=O) groups is 5. The molecular weight excluding hydrogens is 637 g/mol. The first-order chi connectivity index (χ1) is 22.5. The Balaban J connectivity index is 1.59. The van der Waals surface area contributed by atoms with Crippen molar-refractivity contribution in [2.75, 3.05) is 6.54 Å². The van der Waals surface area contributed by atoms with Crippen LogP contribution in [0, 0.1) is 5.41 Å². The molecule has 2 atom stereocenters. The number of alkyl halides is 3. The fraction of sp³-hybridized carbons (Fsp3) is 0.250. The number of hydrazine groups is 1.